The number of halogens is 1. The second-order valence-electron chi connectivity index (χ2n) is 4.89. The SMILES string of the molecule is C[C@@H](OC(=O)/C=C/c1ccc(Br)cc1)c1nnc(-c2cccs2)o1. The molecule has 0 amide bonds. The summed E-state index contributed by atoms with van der Waals surface area (Å²) in [4.78, 5) is 12.8. The lowest BCUT2D eigenvalue weighted by molar-refractivity contribution is -0.143. The van der Waals surface area contributed by atoms with Crippen LogP contribution in [-0.4, -0.2) is 16.2 Å². The van der Waals surface area contributed by atoms with Gasteiger partial charge in [-0.1, -0.05) is 34.1 Å². The van der Waals surface area contributed by atoms with E-state index in [1.807, 2.05) is 41.8 Å². The number of carbonyl (C=O) groups excluding carboxylic acids is 1. The molecule has 3 rings (SSSR count). The number of benzene rings is 1. The summed E-state index contributed by atoms with van der Waals surface area (Å²) < 4.78 is 11.8. The number of carbonyl (C=O) groups is 1. The zero-order chi connectivity index (χ0) is 16.9. The molecule has 0 spiro atoms. The van der Waals surface area contributed by atoms with Crippen molar-refractivity contribution in [3.05, 3.63) is 63.8 Å². The van der Waals surface area contributed by atoms with E-state index in [4.69, 9.17) is 9.15 Å². The lowest BCUT2D eigenvalue weighted by Crippen LogP contribution is -2.06. The normalized spacial score (nSPS) is 12.4. The first-order valence-electron chi connectivity index (χ1n) is 7.13. The molecule has 0 fully saturated rings. The van der Waals surface area contributed by atoms with Gasteiger partial charge in [-0.05, 0) is 42.1 Å². The van der Waals surface area contributed by atoms with Crippen LogP contribution in [0.2, 0.25) is 0 Å². The summed E-state index contributed by atoms with van der Waals surface area (Å²) in [6.45, 7) is 1.69. The first kappa shape index (κ1) is 16.6. The zero-order valence-electron chi connectivity index (χ0n) is 12.7. The monoisotopic (exact) mass is 404 g/mol. The van der Waals surface area contributed by atoms with Crippen molar-refractivity contribution in [1.29, 1.82) is 0 Å². The van der Waals surface area contributed by atoms with Crippen molar-refractivity contribution in [2.24, 2.45) is 0 Å². The predicted octanol–water partition coefficient (Wildman–Crippen LogP) is 4.88. The maximum atomic E-state index is 11.9. The molecule has 5 nitrogen and oxygen atoms in total. The third-order valence-corrected chi connectivity index (χ3v) is 4.48. The van der Waals surface area contributed by atoms with E-state index in [1.54, 1.807) is 13.0 Å². The smallest absolute Gasteiger partial charge is 0.331 e. The van der Waals surface area contributed by atoms with E-state index >= 15 is 0 Å². The Morgan fingerprint density at radius 2 is 2.08 bits per heavy atom. The second-order valence-corrected chi connectivity index (χ2v) is 6.75. The van der Waals surface area contributed by atoms with E-state index in [0.29, 0.717) is 5.89 Å². The maximum absolute atomic E-state index is 11.9. The molecule has 0 radical (unpaired) electrons. The molecular weight excluding hydrogens is 392 g/mol. The van der Waals surface area contributed by atoms with E-state index < -0.39 is 12.1 Å². The molecule has 0 aliphatic carbocycles. The predicted molar refractivity (Wildman–Crippen MR) is 95.3 cm³/mol. The van der Waals surface area contributed by atoms with Crippen molar-refractivity contribution in [2.45, 2.75) is 13.0 Å². The Bertz CT molecular complexity index is 841. The average Bonchev–Trinajstić information content (AvgIpc) is 3.25. The van der Waals surface area contributed by atoms with Crippen molar-refractivity contribution in [3.8, 4) is 10.8 Å². The number of rotatable bonds is 5. The van der Waals surface area contributed by atoms with Gasteiger partial charge in [0.05, 0.1) is 4.88 Å². The fourth-order valence-corrected chi connectivity index (χ4v) is 2.81. The molecule has 24 heavy (non-hydrogen) atoms. The first-order chi connectivity index (χ1) is 11.6. The van der Waals surface area contributed by atoms with E-state index in [9.17, 15) is 4.79 Å². The van der Waals surface area contributed by atoms with Gasteiger partial charge in [0, 0.05) is 10.5 Å². The van der Waals surface area contributed by atoms with Crippen molar-refractivity contribution in [1.82, 2.24) is 10.2 Å². The first-order valence-corrected chi connectivity index (χ1v) is 8.80. The lowest BCUT2D eigenvalue weighted by atomic mass is 10.2. The maximum Gasteiger partial charge on any atom is 0.331 e. The number of ether oxygens (including phenoxy) is 1. The van der Waals surface area contributed by atoms with Crippen LogP contribution in [0.15, 0.2) is 56.7 Å². The van der Waals surface area contributed by atoms with E-state index in [0.717, 1.165) is 14.9 Å². The summed E-state index contributed by atoms with van der Waals surface area (Å²) in [7, 11) is 0. The average molecular weight is 405 g/mol. The Kier molecular flexibility index (Phi) is 5.22. The van der Waals surface area contributed by atoms with E-state index in [1.165, 1.54) is 17.4 Å². The highest BCUT2D eigenvalue weighted by Gasteiger charge is 2.18. The van der Waals surface area contributed by atoms with Gasteiger partial charge in [0.2, 0.25) is 0 Å². The van der Waals surface area contributed by atoms with Crippen LogP contribution >= 0.6 is 27.3 Å². The molecule has 0 unspecified atom stereocenters. The van der Waals surface area contributed by atoms with Crippen LogP contribution in [0.5, 0.6) is 0 Å². The number of esters is 1. The molecule has 0 N–H and O–H groups in total. The molecule has 3 aromatic rings. The molecule has 1 atom stereocenters. The number of hydrogen-bond donors (Lipinski definition) is 0. The second kappa shape index (κ2) is 7.55. The topological polar surface area (TPSA) is 65.2 Å². The molecular formula is C17H13BrN2O3S. The van der Waals surface area contributed by atoms with Gasteiger partial charge in [-0.25, -0.2) is 4.79 Å². The highest BCUT2D eigenvalue weighted by Crippen LogP contribution is 2.25. The Balaban J connectivity index is 1.61. The lowest BCUT2D eigenvalue weighted by Gasteiger charge is -2.06. The van der Waals surface area contributed by atoms with Crippen LogP contribution in [-0.2, 0) is 9.53 Å². The minimum Gasteiger partial charge on any atom is -0.449 e. The van der Waals surface area contributed by atoms with Gasteiger partial charge >= 0.3 is 5.97 Å². The summed E-state index contributed by atoms with van der Waals surface area (Å²) in [5, 5.41) is 9.83. The summed E-state index contributed by atoms with van der Waals surface area (Å²) in [5.41, 5.74) is 0.903. The van der Waals surface area contributed by atoms with Gasteiger partial charge in [-0.15, -0.1) is 21.5 Å². The van der Waals surface area contributed by atoms with Gasteiger partial charge in [0.1, 0.15) is 0 Å². The summed E-state index contributed by atoms with van der Waals surface area (Å²) in [6.07, 6.45) is 2.44. The standard InChI is InChI=1S/C17H13BrN2O3S/c1-11(16-19-20-17(23-16)14-3-2-10-24-14)22-15(21)9-6-12-4-7-13(18)8-5-12/h2-11H,1H3/b9-6+/t11-/m1/s1. The van der Waals surface area contributed by atoms with Gasteiger partial charge in [-0.3, -0.25) is 0 Å². The molecule has 0 saturated carbocycles. The fraction of sp³-hybridized carbons (Fsp3) is 0.118. The van der Waals surface area contributed by atoms with Crippen molar-refractivity contribution < 1.29 is 13.9 Å². The Morgan fingerprint density at radius 1 is 1.29 bits per heavy atom. The third-order valence-electron chi connectivity index (χ3n) is 3.10. The van der Waals surface area contributed by atoms with Crippen LogP contribution in [0.25, 0.3) is 16.8 Å². The number of nitrogens with zero attached hydrogens (tertiary/aromatic N) is 2. The number of thiophene rings is 1. The fourth-order valence-electron chi connectivity index (χ4n) is 1.90. The Labute approximate surface area is 151 Å². The Morgan fingerprint density at radius 3 is 2.79 bits per heavy atom. The van der Waals surface area contributed by atoms with Crippen LogP contribution in [0.3, 0.4) is 0 Å². The Hall–Kier alpha value is -2.25. The van der Waals surface area contributed by atoms with Gasteiger partial charge in [0.25, 0.3) is 11.8 Å². The molecule has 122 valence electrons. The summed E-state index contributed by atoms with van der Waals surface area (Å²) in [5.74, 6) is 0.221. The molecule has 2 aromatic heterocycles. The third kappa shape index (κ3) is 4.18. The molecule has 0 saturated heterocycles. The van der Waals surface area contributed by atoms with Gasteiger partial charge < -0.3 is 9.15 Å². The zero-order valence-corrected chi connectivity index (χ0v) is 15.1. The van der Waals surface area contributed by atoms with Crippen LogP contribution in [0.4, 0.5) is 0 Å². The molecule has 1 aromatic carbocycles. The summed E-state index contributed by atoms with van der Waals surface area (Å²) in [6, 6.07) is 11.4. The van der Waals surface area contributed by atoms with Crippen molar-refractivity contribution in [3.63, 3.8) is 0 Å². The van der Waals surface area contributed by atoms with Crippen molar-refractivity contribution in [2.75, 3.05) is 0 Å². The molecule has 7 heteroatoms. The highest BCUT2D eigenvalue weighted by atomic mass is 79.9. The quantitative estimate of drug-likeness (QED) is 0.447. The summed E-state index contributed by atoms with van der Waals surface area (Å²) >= 11 is 4.87. The van der Waals surface area contributed by atoms with Gasteiger partial charge in [-0.2, -0.15) is 0 Å². The highest BCUT2D eigenvalue weighted by molar-refractivity contribution is 9.10. The van der Waals surface area contributed by atoms with E-state index in [2.05, 4.69) is 26.1 Å². The number of hydrogen-bond acceptors (Lipinski definition) is 6. The van der Waals surface area contributed by atoms with Crippen LogP contribution in [0.1, 0.15) is 24.5 Å². The molecule has 0 aliphatic heterocycles. The molecule has 0 bridgehead atoms. The minimum absolute atomic E-state index is 0.267. The minimum atomic E-state index is -0.617. The largest absolute Gasteiger partial charge is 0.449 e. The number of aromatic nitrogens is 2. The van der Waals surface area contributed by atoms with Gasteiger partial charge in [0.15, 0.2) is 6.10 Å². The van der Waals surface area contributed by atoms with E-state index in [-0.39, 0.29) is 5.89 Å². The van der Waals surface area contributed by atoms with Crippen LogP contribution in [0, 0.1) is 0 Å². The van der Waals surface area contributed by atoms with Crippen LogP contribution < -0.4 is 0 Å². The molecule has 2 heterocycles. The molecule has 0 aliphatic rings. The van der Waals surface area contributed by atoms with Crippen molar-refractivity contribution >= 4 is 39.3 Å².